The third-order valence-electron chi connectivity index (χ3n) is 4.31. The first kappa shape index (κ1) is 20.9. The van der Waals surface area contributed by atoms with Crippen LogP contribution in [0.15, 0.2) is 28.7 Å². The topological polar surface area (TPSA) is 102 Å². The standard InChI is InChI=1S/C18H12BrF3O7/c1-27-15(24)9-6-10-12(13(14(9)23)16(25)28-2)8-5-7(19)3-4-11(8)29-17(10,26)18(20,21)22/h3-6,23,26H,1-2H3. The van der Waals surface area contributed by atoms with Crippen LogP contribution in [0.5, 0.6) is 11.5 Å². The predicted octanol–water partition coefficient (Wildman–Crippen LogP) is 3.49. The van der Waals surface area contributed by atoms with E-state index in [1.54, 1.807) is 0 Å². The summed E-state index contributed by atoms with van der Waals surface area (Å²) in [6.07, 6.45) is -5.37. The first-order valence-electron chi connectivity index (χ1n) is 7.81. The minimum Gasteiger partial charge on any atom is -0.506 e. The van der Waals surface area contributed by atoms with Crippen molar-refractivity contribution in [2.24, 2.45) is 0 Å². The minimum absolute atomic E-state index is 0.0459. The highest BCUT2D eigenvalue weighted by atomic mass is 79.9. The van der Waals surface area contributed by atoms with Gasteiger partial charge in [-0.25, -0.2) is 9.59 Å². The van der Waals surface area contributed by atoms with Gasteiger partial charge in [-0.1, -0.05) is 15.9 Å². The molecule has 0 saturated carbocycles. The maximum atomic E-state index is 13.8. The maximum Gasteiger partial charge on any atom is 0.460 e. The number of alkyl halides is 3. The lowest BCUT2D eigenvalue weighted by atomic mass is 9.84. The Morgan fingerprint density at radius 2 is 1.76 bits per heavy atom. The summed E-state index contributed by atoms with van der Waals surface area (Å²) in [5.41, 5.74) is -3.05. The van der Waals surface area contributed by atoms with Crippen molar-refractivity contribution < 1.29 is 47.2 Å². The van der Waals surface area contributed by atoms with Crippen LogP contribution >= 0.6 is 15.9 Å². The molecule has 0 fully saturated rings. The molecule has 0 amide bonds. The maximum absolute atomic E-state index is 13.8. The van der Waals surface area contributed by atoms with Gasteiger partial charge < -0.3 is 24.4 Å². The molecule has 0 aromatic heterocycles. The number of carbonyl (C=O) groups is 2. The van der Waals surface area contributed by atoms with E-state index in [-0.39, 0.29) is 5.56 Å². The van der Waals surface area contributed by atoms with Gasteiger partial charge in [-0.15, -0.1) is 0 Å². The summed E-state index contributed by atoms with van der Waals surface area (Å²) in [6, 6.07) is 4.40. The number of methoxy groups -OCH3 is 2. The second-order valence-corrected chi connectivity index (χ2v) is 6.85. The fourth-order valence-electron chi connectivity index (χ4n) is 3.00. The molecule has 0 radical (unpaired) electrons. The molecule has 1 atom stereocenters. The lowest BCUT2D eigenvalue weighted by Crippen LogP contribution is -2.49. The van der Waals surface area contributed by atoms with Crippen molar-refractivity contribution in [1.82, 2.24) is 0 Å². The van der Waals surface area contributed by atoms with Gasteiger partial charge in [0, 0.05) is 21.2 Å². The summed E-state index contributed by atoms with van der Waals surface area (Å²) in [5.74, 6) is -7.75. The Kier molecular flexibility index (Phi) is 4.99. The van der Waals surface area contributed by atoms with Crippen molar-refractivity contribution in [1.29, 1.82) is 0 Å². The molecule has 1 heterocycles. The zero-order valence-electron chi connectivity index (χ0n) is 14.8. The number of aliphatic hydroxyl groups is 1. The van der Waals surface area contributed by atoms with E-state index in [0.717, 1.165) is 20.3 Å². The van der Waals surface area contributed by atoms with Gasteiger partial charge in [0.1, 0.15) is 22.6 Å². The van der Waals surface area contributed by atoms with Gasteiger partial charge in [-0.2, -0.15) is 13.2 Å². The SMILES string of the molecule is COC(=O)c1cc2c(c(C(=O)OC)c1O)-c1cc(Br)ccc1OC2(O)C(F)(F)F. The number of hydrogen-bond acceptors (Lipinski definition) is 7. The normalized spacial score (nSPS) is 17.6. The van der Waals surface area contributed by atoms with Crippen molar-refractivity contribution >= 4 is 27.9 Å². The summed E-state index contributed by atoms with van der Waals surface area (Å²) in [7, 11) is 1.87. The Morgan fingerprint density at radius 1 is 1.14 bits per heavy atom. The average molecular weight is 477 g/mol. The smallest absolute Gasteiger partial charge is 0.460 e. The van der Waals surface area contributed by atoms with Gasteiger partial charge in [0.05, 0.1) is 14.2 Å². The Hall–Kier alpha value is -2.79. The number of halogens is 4. The quantitative estimate of drug-likeness (QED) is 0.639. The number of carbonyl (C=O) groups excluding carboxylic acids is 2. The molecule has 1 aliphatic rings. The van der Waals surface area contributed by atoms with E-state index in [9.17, 15) is 33.0 Å². The molecule has 0 bridgehead atoms. The van der Waals surface area contributed by atoms with E-state index < -0.39 is 57.7 Å². The van der Waals surface area contributed by atoms with Crippen LogP contribution < -0.4 is 4.74 Å². The molecule has 0 saturated heterocycles. The monoisotopic (exact) mass is 476 g/mol. The lowest BCUT2D eigenvalue weighted by molar-refractivity contribution is -0.345. The number of rotatable bonds is 2. The van der Waals surface area contributed by atoms with Crippen LogP contribution in [0.4, 0.5) is 13.2 Å². The van der Waals surface area contributed by atoms with E-state index in [0.29, 0.717) is 10.5 Å². The van der Waals surface area contributed by atoms with Crippen LogP contribution in [-0.4, -0.2) is 42.5 Å². The lowest BCUT2D eigenvalue weighted by Gasteiger charge is -2.37. The predicted molar refractivity (Wildman–Crippen MR) is 94.5 cm³/mol. The molecule has 154 valence electrons. The van der Waals surface area contributed by atoms with Crippen LogP contribution in [-0.2, 0) is 15.3 Å². The molecule has 2 N–H and O–H groups in total. The van der Waals surface area contributed by atoms with E-state index in [4.69, 9.17) is 4.74 Å². The molecule has 0 spiro atoms. The van der Waals surface area contributed by atoms with Gasteiger partial charge in [0.15, 0.2) is 0 Å². The van der Waals surface area contributed by atoms with Crippen molar-refractivity contribution in [2.75, 3.05) is 14.2 Å². The molecular weight excluding hydrogens is 465 g/mol. The number of phenols is 1. The summed E-state index contributed by atoms with van der Waals surface area (Å²) in [4.78, 5) is 24.4. The van der Waals surface area contributed by atoms with Crippen LogP contribution in [0.1, 0.15) is 26.3 Å². The number of fused-ring (bicyclic) bond motifs is 3. The van der Waals surface area contributed by atoms with Gasteiger partial charge in [0.2, 0.25) is 0 Å². The number of esters is 2. The molecule has 0 aliphatic carbocycles. The molecule has 1 unspecified atom stereocenters. The molecule has 7 nitrogen and oxygen atoms in total. The number of benzene rings is 2. The highest BCUT2D eigenvalue weighted by molar-refractivity contribution is 9.10. The van der Waals surface area contributed by atoms with Gasteiger partial charge in [-0.3, -0.25) is 0 Å². The van der Waals surface area contributed by atoms with Crippen LogP contribution in [0.25, 0.3) is 11.1 Å². The second-order valence-electron chi connectivity index (χ2n) is 5.94. The number of ether oxygens (including phenoxy) is 3. The Labute approximate surface area is 169 Å². The Balaban J connectivity index is 2.55. The van der Waals surface area contributed by atoms with Crippen molar-refractivity contribution in [3.8, 4) is 22.6 Å². The van der Waals surface area contributed by atoms with E-state index >= 15 is 0 Å². The van der Waals surface area contributed by atoms with E-state index in [2.05, 4.69) is 25.4 Å². The fraction of sp³-hybridized carbons (Fsp3) is 0.222. The Bertz CT molecular complexity index is 1040. The average Bonchev–Trinajstić information content (AvgIpc) is 2.66. The van der Waals surface area contributed by atoms with Gasteiger partial charge in [-0.05, 0) is 24.3 Å². The summed E-state index contributed by atoms with van der Waals surface area (Å²) in [5, 5.41) is 21.0. The first-order valence-corrected chi connectivity index (χ1v) is 8.60. The van der Waals surface area contributed by atoms with Crippen molar-refractivity contribution in [2.45, 2.75) is 12.0 Å². The van der Waals surface area contributed by atoms with Crippen LogP contribution in [0.2, 0.25) is 0 Å². The van der Waals surface area contributed by atoms with Gasteiger partial charge in [0.25, 0.3) is 0 Å². The Morgan fingerprint density at radius 3 is 2.31 bits per heavy atom. The fourth-order valence-corrected chi connectivity index (χ4v) is 3.36. The highest BCUT2D eigenvalue weighted by Crippen LogP contribution is 2.54. The minimum atomic E-state index is -5.37. The van der Waals surface area contributed by atoms with E-state index in [1.807, 2.05) is 0 Å². The van der Waals surface area contributed by atoms with Crippen LogP contribution in [0, 0.1) is 0 Å². The molecule has 1 aliphatic heterocycles. The largest absolute Gasteiger partial charge is 0.506 e. The van der Waals surface area contributed by atoms with Crippen molar-refractivity contribution in [3.05, 3.63) is 45.4 Å². The summed E-state index contributed by atoms with van der Waals surface area (Å²) in [6.45, 7) is 0. The summed E-state index contributed by atoms with van der Waals surface area (Å²) < 4.78 is 55.8. The first-order chi connectivity index (χ1) is 13.5. The third kappa shape index (κ3) is 3.10. The molecule has 11 heteroatoms. The zero-order valence-corrected chi connectivity index (χ0v) is 16.3. The molecule has 3 rings (SSSR count). The number of phenolic OH excluding ortho intramolecular Hbond substituents is 1. The molecule has 2 aromatic carbocycles. The summed E-state index contributed by atoms with van der Waals surface area (Å²) >= 11 is 3.16. The number of hydrogen-bond donors (Lipinski definition) is 2. The second kappa shape index (κ2) is 6.92. The van der Waals surface area contributed by atoms with Crippen molar-refractivity contribution in [3.63, 3.8) is 0 Å². The van der Waals surface area contributed by atoms with E-state index in [1.165, 1.54) is 12.1 Å². The molecular formula is C18H12BrF3O7. The number of aromatic hydroxyl groups is 1. The zero-order chi connectivity index (χ0) is 21.7. The molecule has 29 heavy (non-hydrogen) atoms. The molecule has 2 aromatic rings. The third-order valence-corrected chi connectivity index (χ3v) is 4.81. The van der Waals surface area contributed by atoms with Gasteiger partial charge >= 0.3 is 23.9 Å². The van der Waals surface area contributed by atoms with Crippen LogP contribution in [0.3, 0.4) is 0 Å². The highest BCUT2D eigenvalue weighted by Gasteiger charge is 2.62.